The molecule has 0 fully saturated rings. The van der Waals surface area contributed by atoms with E-state index in [0.29, 0.717) is 0 Å². The van der Waals surface area contributed by atoms with Gasteiger partial charge in [-0.2, -0.15) is 0 Å². The Kier molecular flexibility index (Phi) is 7.07. The lowest BCUT2D eigenvalue weighted by atomic mass is 10.2. The molecule has 0 heterocycles. The van der Waals surface area contributed by atoms with E-state index in [-0.39, 0.29) is 6.61 Å². The molecule has 0 unspecified atom stereocenters. The van der Waals surface area contributed by atoms with Crippen LogP contribution in [0.4, 0.5) is 0 Å². The maximum absolute atomic E-state index is 10.7. The summed E-state index contributed by atoms with van der Waals surface area (Å²) >= 11 is 0. The number of carbonyl (C=O) groups is 1. The van der Waals surface area contributed by atoms with Gasteiger partial charge in [0.2, 0.25) is 0 Å². The van der Waals surface area contributed by atoms with Gasteiger partial charge in [0.15, 0.2) is 0 Å². The zero-order valence-electron chi connectivity index (χ0n) is 7.43. The van der Waals surface area contributed by atoms with E-state index in [4.69, 9.17) is 0 Å². The van der Waals surface area contributed by atoms with Crippen molar-refractivity contribution >= 4 is 5.97 Å². The smallest absolute Gasteiger partial charge is 0.384 e. The van der Waals surface area contributed by atoms with Gasteiger partial charge in [0, 0.05) is 12.3 Å². The van der Waals surface area contributed by atoms with Crippen LogP contribution in [0.15, 0.2) is 12.7 Å². The molecule has 0 aliphatic rings. The summed E-state index contributed by atoms with van der Waals surface area (Å²) in [4.78, 5) is 10.7. The van der Waals surface area contributed by atoms with Crippen molar-refractivity contribution in [2.24, 2.45) is 0 Å². The summed E-state index contributed by atoms with van der Waals surface area (Å²) < 4.78 is 4.64. The van der Waals surface area contributed by atoms with Gasteiger partial charge in [0.25, 0.3) is 0 Å². The maximum atomic E-state index is 10.7. The van der Waals surface area contributed by atoms with Crippen molar-refractivity contribution in [2.45, 2.75) is 26.2 Å². The van der Waals surface area contributed by atoms with Crippen molar-refractivity contribution in [3.63, 3.8) is 0 Å². The van der Waals surface area contributed by atoms with Crippen LogP contribution in [-0.4, -0.2) is 12.6 Å². The molecule has 0 N–H and O–H groups in total. The Hall–Kier alpha value is -1.23. The van der Waals surface area contributed by atoms with Gasteiger partial charge in [0.1, 0.15) is 6.61 Å². The fraction of sp³-hybridized carbons (Fsp3) is 0.500. The second-order valence-electron chi connectivity index (χ2n) is 2.29. The normalized spacial score (nSPS) is 8.08. The zero-order valence-corrected chi connectivity index (χ0v) is 7.43. The third-order valence-electron chi connectivity index (χ3n) is 1.18. The van der Waals surface area contributed by atoms with Crippen LogP contribution in [0.3, 0.4) is 0 Å². The molecule has 0 aromatic carbocycles. The molecule has 0 radical (unpaired) electrons. The molecular weight excluding hydrogens is 152 g/mol. The van der Waals surface area contributed by atoms with Gasteiger partial charge < -0.3 is 4.74 Å². The molecule has 0 spiro atoms. The number of esters is 1. The van der Waals surface area contributed by atoms with E-state index < -0.39 is 5.97 Å². The van der Waals surface area contributed by atoms with Crippen molar-refractivity contribution < 1.29 is 9.53 Å². The van der Waals surface area contributed by atoms with Gasteiger partial charge in [-0.3, -0.25) is 0 Å². The Bertz CT molecular complexity index is 196. The topological polar surface area (TPSA) is 26.3 Å². The molecule has 0 atom stereocenters. The van der Waals surface area contributed by atoms with E-state index in [1.807, 2.05) is 0 Å². The minimum atomic E-state index is -0.467. The number of unbranched alkanes of at least 4 members (excludes halogenated alkanes) is 2. The number of carbonyl (C=O) groups excluding carboxylic acids is 1. The first-order valence-corrected chi connectivity index (χ1v) is 4.07. The number of hydrogen-bond donors (Lipinski definition) is 0. The van der Waals surface area contributed by atoms with Gasteiger partial charge in [-0.25, -0.2) is 4.79 Å². The molecule has 0 saturated heterocycles. The van der Waals surface area contributed by atoms with Crippen LogP contribution in [0.1, 0.15) is 26.2 Å². The zero-order chi connectivity index (χ0) is 9.23. The van der Waals surface area contributed by atoms with Crippen molar-refractivity contribution in [3.8, 4) is 11.8 Å². The largest absolute Gasteiger partial charge is 0.452 e. The predicted molar refractivity (Wildman–Crippen MR) is 48.5 cm³/mol. The lowest BCUT2D eigenvalue weighted by Gasteiger charge is -1.91. The lowest BCUT2D eigenvalue weighted by molar-refractivity contribution is -0.135. The Balaban J connectivity index is 3.49. The van der Waals surface area contributed by atoms with Crippen molar-refractivity contribution in [1.29, 1.82) is 0 Å². The highest BCUT2D eigenvalue weighted by Crippen LogP contribution is 1.90. The molecule has 2 heteroatoms. The average molecular weight is 166 g/mol. The summed E-state index contributed by atoms with van der Waals surface area (Å²) in [7, 11) is 0. The summed E-state index contributed by atoms with van der Waals surface area (Å²) in [5.74, 6) is 4.66. The second kappa shape index (κ2) is 7.87. The standard InChI is InChI=1S/C10H14O2/c1-3-5-6-7-8-10(11)12-9-4-2/h4H,2-3,5-6,9H2,1H3. The Morgan fingerprint density at radius 2 is 2.42 bits per heavy atom. The molecular formula is C10H14O2. The fourth-order valence-electron chi connectivity index (χ4n) is 0.571. The van der Waals surface area contributed by atoms with E-state index in [0.717, 1.165) is 19.3 Å². The Morgan fingerprint density at radius 3 is 3.00 bits per heavy atom. The van der Waals surface area contributed by atoms with Crippen LogP contribution >= 0.6 is 0 Å². The first-order valence-electron chi connectivity index (χ1n) is 4.07. The summed E-state index contributed by atoms with van der Waals surface area (Å²) in [6.45, 7) is 5.74. The van der Waals surface area contributed by atoms with Gasteiger partial charge in [0.05, 0.1) is 0 Å². The molecule has 0 saturated carbocycles. The molecule has 0 aromatic heterocycles. The average Bonchev–Trinajstić information content (AvgIpc) is 2.09. The molecule has 2 nitrogen and oxygen atoms in total. The van der Waals surface area contributed by atoms with Crippen LogP contribution in [0.25, 0.3) is 0 Å². The van der Waals surface area contributed by atoms with E-state index in [1.54, 1.807) is 0 Å². The first-order chi connectivity index (χ1) is 5.81. The molecule has 0 aliphatic carbocycles. The lowest BCUT2D eigenvalue weighted by Crippen LogP contribution is -2.00. The quantitative estimate of drug-likeness (QED) is 0.210. The molecule has 12 heavy (non-hydrogen) atoms. The molecule has 0 aromatic rings. The summed E-state index contributed by atoms with van der Waals surface area (Å²) in [6, 6.07) is 0. The molecule has 0 rings (SSSR count). The third-order valence-corrected chi connectivity index (χ3v) is 1.18. The van der Waals surface area contributed by atoms with Crippen LogP contribution in [0.2, 0.25) is 0 Å². The van der Waals surface area contributed by atoms with Crippen LogP contribution < -0.4 is 0 Å². The van der Waals surface area contributed by atoms with E-state index in [9.17, 15) is 4.79 Å². The van der Waals surface area contributed by atoms with Crippen molar-refractivity contribution in [3.05, 3.63) is 12.7 Å². The number of ether oxygens (including phenoxy) is 1. The van der Waals surface area contributed by atoms with E-state index in [1.165, 1.54) is 6.08 Å². The van der Waals surface area contributed by atoms with Gasteiger partial charge in [-0.15, -0.1) is 0 Å². The van der Waals surface area contributed by atoms with Crippen LogP contribution in [-0.2, 0) is 9.53 Å². The SMILES string of the molecule is C=CCOC(=O)C#CCCCC. The monoisotopic (exact) mass is 166 g/mol. The molecule has 0 bridgehead atoms. The molecule has 0 aliphatic heterocycles. The first kappa shape index (κ1) is 10.8. The minimum Gasteiger partial charge on any atom is -0.452 e. The van der Waals surface area contributed by atoms with Crippen molar-refractivity contribution in [2.75, 3.05) is 6.61 Å². The fourth-order valence-corrected chi connectivity index (χ4v) is 0.571. The Morgan fingerprint density at radius 1 is 1.67 bits per heavy atom. The van der Waals surface area contributed by atoms with Crippen LogP contribution in [0.5, 0.6) is 0 Å². The van der Waals surface area contributed by atoms with Gasteiger partial charge in [-0.1, -0.05) is 31.9 Å². The summed E-state index contributed by atoms with van der Waals surface area (Å²) in [5.41, 5.74) is 0. The third kappa shape index (κ3) is 6.88. The maximum Gasteiger partial charge on any atom is 0.384 e. The van der Waals surface area contributed by atoms with E-state index >= 15 is 0 Å². The predicted octanol–water partition coefficient (Wildman–Crippen LogP) is 1.91. The van der Waals surface area contributed by atoms with Gasteiger partial charge >= 0.3 is 5.97 Å². The summed E-state index contributed by atoms with van der Waals surface area (Å²) in [6.07, 6.45) is 4.41. The summed E-state index contributed by atoms with van der Waals surface area (Å²) in [5, 5.41) is 0. The van der Waals surface area contributed by atoms with E-state index in [2.05, 4.69) is 30.1 Å². The highest BCUT2D eigenvalue weighted by molar-refractivity contribution is 5.88. The highest BCUT2D eigenvalue weighted by Gasteiger charge is 1.91. The van der Waals surface area contributed by atoms with Crippen LogP contribution in [0, 0.1) is 11.8 Å². The van der Waals surface area contributed by atoms with Gasteiger partial charge in [-0.05, 0) is 6.42 Å². The molecule has 0 amide bonds. The second-order valence-corrected chi connectivity index (χ2v) is 2.29. The molecule has 66 valence electrons. The number of hydrogen-bond acceptors (Lipinski definition) is 2. The van der Waals surface area contributed by atoms with Crippen molar-refractivity contribution in [1.82, 2.24) is 0 Å². The number of rotatable bonds is 4. The highest BCUT2D eigenvalue weighted by atomic mass is 16.5. The minimum absolute atomic E-state index is 0.237. The Labute approximate surface area is 73.6 Å².